The molecule has 2 aliphatic rings. The molecule has 0 spiro atoms. The summed E-state index contributed by atoms with van der Waals surface area (Å²) in [5.41, 5.74) is 3.05. The number of rotatable bonds is 4. The molecule has 0 bridgehead atoms. The van der Waals surface area contributed by atoms with Gasteiger partial charge in [-0.1, -0.05) is 0 Å². The average molecular weight is 401 g/mol. The summed E-state index contributed by atoms with van der Waals surface area (Å²) in [6.45, 7) is 0. The average Bonchev–Trinajstić information content (AvgIpc) is 3.04. The van der Waals surface area contributed by atoms with E-state index in [0.29, 0.717) is 0 Å². The van der Waals surface area contributed by atoms with Crippen LogP contribution in [-0.4, -0.2) is 0 Å². The van der Waals surface area contributed by atoms with Gasteiger partial charge in [0.25, 0.3) is 0 Å². The van der Waals surface area contributed by atoms with Crippen LogP contribution in [0.3, 0.4) is 0 Å². The van der Waals surface area contributed by atoms with Crippen molar-refractivity contribution < 1.29 is 25.8 Å². The fraction of sp³-hybridized carbons (Fsp3) is 0.176. The molecule has 0 fully saturated rings. The van der Waals surface area contributed by atoms with E-state index in [2.05, 4.69) is 60.7 Å². The summed E-state index contributed by atoms with van der Waals surface area (Å²) in [7, 11) is 0. The molecule has 18 heavy (non-hydrogen) atoms. The van der Waals surface area contributed by atoms with Crippen LogP contribution < -0.4 is 0 Å². The summed E-state index contributed by atoms with van der Waals surface area (Å²) in [6.07, 6.45) is 15.2. The molecule has 0 unspecified atom stereocenters. The summed E-state index contributed by atoms with van der Waals surface area (Å²) < 4.78 is 3.55. The predicted molar refractivity (Wildman–Crippen MR) is 75.0 cm³/mol. The summed E-state index contributed by atoms with van der Waals surface area (Å²) in [6, 6.07) is 10.8. The molecule has 0 nitrogen and oxygen atoms in total. The van der Waals surface area contributed by atoms with E-state index in [9.17, 15) is 0 Å². The van der Waals surface area contributed by atoms with E-state index in [1.165, 1.54) is 18.4 Å². The zero-order valence-electron chi connectivity index (χ0n) is 12.4. The molecule has 1 aromatic rings. The molecule has 90 valence electrons. The molecule has 2 aliphatic carbocycles. The van der Waals surface area contributed by atoms with Crippen LogP contribution in [0.4, 0.5) is 0 Å². The topological polar surface area (TPSA) is 0 Å². The third-order valence-electron chi connectivity index (χ3n) is 3.35. The van der Waals surface area contributed by atoms with E-state index in [1.54, 1.807) is 12.2 Å². The van der Waals surface area contributed by atoms with Crippen molar-refractivity contribution in [1.29, 1.82) is 0 Å². The number of hydrogen-bond donors (Lipinski definition) is 0. The van der Waals surface area contributed by atoms with Crippen LogP contribution in [0.25, 0.3) is 0 Å². The molecule has 0 aliphatic heterocycles. The van der Waals surface area contributed by atoms with Gasteiger partial charge in [-0.3, -0.25) is 0 Å². The van der Waals surface area contributed by atoms with Crippen molar-refractivity contribution >= 4 is 0 Å². The van der Waals surface area contributed by atoms with Crippen LogP contribution >= 0.6 is 0 Å². The molecule has 3 rings (SSSR count). The van der Waals surface area contributed by atoms with Gasteiger partial charge in [-0.25, -0.2) is 0 Å². The smallest absolute Gasteiger partial charge is 1.00 e. The molecule has 0 aromatic heterocycles. The van der Waals surface area contributed by atoms with Crippen molar-refractivity contribution in [2.45, 2.75) is 19.3 Å². The SMILES string of the molecule is C1=CC[C]([Hf+2][C]2=C(Cc3ccccc3)C=CC2)=C1.[H-].[H-]. The third-order valence-corrected chi connectivity index (χ3v) is 8.81. The van der Waals surface area contributed by atoms with Crippen molar-refractivity contribution in [3.05, 3.63) is 78.5 Å². The maximum absolute atomic E-state index is 2.36. The minimum absolute atomic E-state index is 0. The Morgan fingerprint density at radius 3 is 2.72 bits per heavy atom. The van der Waals surface area contributed by atoms with Crippen LogP contribution in [0.5, 0.6) is 0 Å². The van der Waals surface area contributed by atoms with Gasteiger partial charge in [0.15, 0.2) is 0 Å². The van der Waals surface area contributed by atoms with E-state index in [4.69, 9.17) is 0 Å². The first kappa shape index (κ1) is 12.1. The number of hydrogen-bond acceptors (Lipinski definition) is 0. The van der Waals surface area contributed by atoms with Gasteiger partial charge in [0.1, 0.15) is 0 Å². The van der Waals surface area contributed by atoms with Crippen molar-refractivity contribution in [1.82, 2.24) is 0 Å². The van der Waals surface area contributed by atoms with Crippen LogP contribution in [-0.2, 0) is 29.3 Å². The van der Waals surface area contributed by atoms with E-state index >= 15 is 0 Å². The second-order valence-corrected chi connectivity index (χ2v) is 10.1. The molecule has 1 heteroatoms. The summed E-state index contributed by atoms with van der Waals surface area (Å²) in [5.74, 6) is 0. The Morgan fingerprint density at radius 2 is 1.94 bits per heavy atom. The zero-order valence-corrected chi connectivity index (χ0v) is 14.0. The van der Waals surface area contributed by atoms with Gasteiger partial charge in [0.2, 0.25) is 0 Å². The zero-order chi connectivity index (χ0) is 12.2. The fourth-order valence-electron chi connectivity index (χ4n) is 2.40. The molecular formula is C17H18Hf. The van der Waals surface area contributed by atoms with E-state index < -0.39 is 22.9 Å². The number of allylic oxidation sites excluding steroid dienone is 8. The Labute approximate surface area is 123 Å². The van der Waals surface area contributed by atoms with E-state index in [-0.39, 0.29) is 2.85 Å². The largest absolute Gasteiger partial charge is 1.00 e. The second-order valence-electron chi connectivity index (χ2n) is 4.72. The molecule has 0 N–H and O–H groups in total. The fourth-order valence-corrected chi connectivity index (χ4v) is 7.21. The van der Waals surface area contributed by atoms with Crippen molar-refractivity contribution in [2.24, 2.45) is 0 Å². The molecular weight excluding hydrogens is 383 g/mol. The van der Waals surface area contributed by atoms with Crippen LogP contribution in [0.1, 0.15) is 21.3 Å². The minimum atomic E-state index is -0.719. The molecule has 0 radical (unpaired) electrons. The maximum atomic E-state index is 2.36. The van der Waals surface area contributed by atoms with Crippen molar-refractivity contribution in [3.8, 4) is 0 Å². The first-order valence-corrected chi connectivity index (χ1v) is 10.1. The first-order valence-electron chi connectivity index (χ1n) is 6.47. The van der Waals surface area contributed by atoms with Gasteiger partial charge in [0.05, 0.1) is 0 Å². The monoisotopic (exact) mass is 402 g/mol. The summed E-state index contributed by atoms with van der Waals surface area (Å²) in [5, 5.41) is 0. The minimum Gasteiger partial charge on any atom is -1.00 e. The van der Waals surface area contributed by atoms with Gasteiger partial charge in [0, 0.05) is 0 Å². The molecule has 0 saturated heterocycles. The first-order chi connectivity index (χ1) is 8.92. The summed E-state index contributed by atoms with van der Waals surface area (Å²) >= 11 is -0.719. The Kier molecular flexibility index (Phi) is 3.90. The molecule has 0 amide bonds. The van der Waals surface area contributed by atoms with Crippen LogP contribution in [0.15, 0.2) is 72.9 Å². The standard InChI is InChI=1S/C12H11.C5H5.Hf.2H/c1-2-6-11(7-3-1)10-12-8-4-5-9-12;1-2-4-5-3-1;;;/h1-4,6-8H,5,10H2;1-3H,4H2;;;/q;;+2;2*-1. The van der Waals surface area contributed by atoms with Crippen molar-refractivity contribution in [2.75, 3.05) is 0 Å². The van der Waals surface area contributed by atoms with E-state index in [1.807, 2.05) is 0 Å². The third kappa shape index (κ3) is 2.89. The second kappa shape index (κ2) is 5.79. The Morgan fingerprint density at radius 1 is 1.06 bits per heavy atom. The number of benzene rings is 1. The van der Waals surface area contributed by atoms with Gasteiger partial charge in [-0.2, -0.15) is 0 Å². The quantitative estimate of drug-likeness (QED) is 0.648. The van der Waals surface area contributed by atoms with E-state index in [0.717, 1.165) is 6.42 Å². The van der Waals surface area contributed by atoms with Crippen LogP contribution in [0.2, 0.25) is 0 Å². The molecule has 0 atom stereocenters. The molecule has 0 saturated carbocycles. The Bertz CT molecular complexity index is 554. The van der Waals surface area contributed by atoms with Gasteiger partial charge in [-0.15, -0.1) is 0 Å². The normalized spacial score (nSPS) is 17.2. The van der Waals surface area contributed by atoms with Gasteiger partial charge < -0.3 is 2.85 Å². The van der Waals surface area contributed by atoms with Gasteiger partial charge in [-0.05, 0) is 0 Å². The van der Waals surface area contributed by atoms with Crippen LogP contribution in [0, 0.1) is 0 Å². The van der Waals surface area contributed by atoms with Gasteiger partial charge >= 0.3 is 121 Å². The predicted octanol–water partition coefficient (Wildman–Crippen LogP) is 4.59. The maximum Gasteiger partial charge on any atom is -1.00 e. The van der Waals surface area contributed by atoms with Crippen molar-refractivity contribution in [3.63, 3.8) is 0 Å². The summed E-state index contributed by atoms with van der Waals surface area (Å²) in [4.78, 5) is 0. The molecule has 0 heterocycles. The molecule has 1 aromatic carbocycles. The Balaban J connectivity index is 0.000001000. The Hall–Kier alpha value is -0.950.